The smallest absolute Gasteiger partial charge is 0.284 e. The summed E-state index contributed by atoms with van der Waals surface area (Å²) >= 11 is 2.32. The highest BCUT2D eigenvalue weighted by Crippen LogP contribution is 2.34. The lowest BCUT2D eigenvalue weighted by Gasteiger charge is -2.06. The summed E-state index contributed by atoms with van der Waals surface area (Å²) < 4.78 is 1.64. The summed E-state index contributed by atoms with van der Waals surface area (Å²) in [7, 11) is 1.73. The van der Waals surface area contributed by atoms with Crippen LogP contribution in [0.1, 0.15) is 17.3 Å². The van der Waals surface area contributed by atoms with Crippen molar-refractivity contribution in [3.8, 4) is 11.3 Å². The van der Waals surface area contributed by atoms with Crippen molar-refractivity contribution in [2.45, 2.75) is 17.0 Å². The van der Waals surface area contributed by atoms with Crippen LogP contribution in [0.3, 0.4) is 0 Å². The lowest BCUT2D eigenvalue weighted by atomic mass is 10.1. The van der Waals surface area contributed by atoms with Crippen molar-refractivity contribution in [3.05, 3.63) is 69.8 Å². The number of nitro groups is 1. The third-order valence-corrected chi connectivity index (χ3v) is 6.39. The van der Waals surface area contributed by atoms with Crippen LogP contribution < -0.4 is 10.6 Å². The zero-order valence-electron chi connectivity index (χ0n) is 17.9. The van der Waals surface area contributed by atoms with Gasteiger partial charge in [0, 0.05) is 42.2 Å². The van der Waals surface area contributed by atoms with Gasteiger partial charge in [-0.25, -0.2) is 4.98 Å². The summed E-state index contributed by atoms with van der Waals surface area (Å²) in [6.45, 7) is 1.43. The predicted octanol–water partition coefficient (Wildman–Crippen LogP) is 4.21. The molecule has 0 radical (unpaired) electrons. The Kier molecular flexibility index (Phi) is 6.65. The largest absolute Gasteiger partial charge is 0.326 e. The van der Waals surface area contributed by atoms with Gasteiger partial charge in [-0.3, -0.25) is 25.0 Å². The number of carbonyl (C=O) groups excluding carboxylic acids is 2. The van der Waals surface area contributed by atoms with E-state index >= 15 is 0 Å². The van der Waals surface area contributed by atoms with Gasteiger partial charge in [0.2, 0.25) is 5.91 Å². The molecule has 2 heterocycles. The molecule has 0 aliphatic rings. The minimum Gasteiger partial charge on any atom is -0.326 e. The molecule has 172 valence electrons. The van der Waals surface area contributed by atoms with Gasteiger partial charge < -0.3 is 9.88 Å². The summed E-state index contributed by atoms with van der Waals surface area (Å²) in [6.07, 6.45) is 1.50. The number of nitrogens with zero attached hydrogens (tertiary/aromatic N) is 5. The predicted molar refractivity (Wildman–Crippen MR) is 128 cm³/mol. The maximum atomic E-state index is 12.7. The third kappa shape index (κ3) is 5.27. The SMILES string of the molecule is CC(=O)Nc1ccc(-c2csc(NC(=O)c3ccc(Sc4nncn4C)c([N+](=O)[O-])c3)n2)cc1. The van der Waals surface area contributed by atoms with Crippen molar-refractivity contribution in [2.24, 2.45) is 7.05 Å². The zero-order valence-corrected chi connectivity index (χ0v) is 19.5. The van der Waals surface area contributed by atoms with Crippen molar-refractivity contribution in [1.29, 1.82) is 0 Å². The van der Waals surface area contributed by atoms with Crippen molar-refractivity contribution >= 4 is 51.4 Å². The van der Waals surface area contributed by atoms with E-state index in [4.69, 9.17) is 0 Å². The number of aryl methyl sites for hydroxylation is 1. The van der Waals surface area contributed by atoms with Gasteiger partial charge in [-0.2, -0.15) is 0 Å². The molecule has 0 fully saturated rings. The molecule has 0 aliphatic carbocycles. The Morgan fingerprint density at radius 1 is 1.15 bits per heavy atom. The van der Waals surface area contributed by atoms with Crippen LogP contribution in [0.15, 0.2) is 64.2 Å². The molecule has 0 saturated heterocycles. The van der Waals surface area contributed by atoms with E-state index in [1.165, 1.54) is 42.8 Å². The van der Waals surface area contributed by atoms with Crippen molar-refractivity contribution in [3.63, 3.8) is 0 Å². The van der Waals surface area contributed by atoms with Crippen LogP contribution in [0, 0.1) is 10.1 Å². The lowest BCUT2D eigenvalue weighted by molar-refractivity contribution is -0.387. The van der Waals surface area contributed by atoms with Crippen LogP contribution in [0.4, 0.5) is 16.5 Å². The monoisotopic (exact) mass is 495 g/mol. The Morgan fingerprint density at radius 3 is 2.56 bits per heavy atom. The topological polar surface area (TPSA) is 145 Å². The third-order valence-electron chi connectivity index (χ3n) is 4.51. The first-order valence-electron chi connectivity index (χ1n) is 9.75. The summed E-state index contributed by atoms with van der Waals surface area (Å²) in [5, 5.41) is 27.3. The maximum absolute atomic E-state index is 12.7. The highest BCUT2D eigenvalue weighted by molar-refractivity contribution is 7.99. The molecule has 0 atom stereocenters. The van der Waals surface area contributed by atoms with Crippen LogP contribution in [-0.2, 0) is 11.8 Å². The summed E-state index contributed by atoms with van der Waals surface area (Å²) in [4.78, 5) is 39.7. The summed E-state index contributed by atoms with van der Waals surface area (Å²) in [5.74, 6) is -0.674. The molecule has 4 aromatic rings. The minimum absolute atomic E-state index is 0.130. The van der Waals surface area contributed by atoms with Gasteiger partial charge in [0.15, 0.2) is 10.3 Å². The van der Waals surface area contributed by atoms with Crippen LogP contribution in [0.5, 0.6) is 0 Å². The number of carbonyl (C=O) groups is 2. The molecule has 0 spiro atoms. The van der Waals surface area contributed by atoms with Gasteiger partial charge in [-0.05, 0) is 36.0 Å². The van der Waals surface area contributed by atoms with E-state index < -0.39 is 10.8 Å². The van der Waals surface area contributed by atoms with E-state index in [1.54, 1.807) is 29.1 Å². The Morgan fingerprint density at radius 2 is 1.91 bits per heavy atom. The molecule has 4 rings (SSSR count). The zero-order chi connectivity index (χ0) is 24.2. The number of thiazole rings is 1. The van der Waals surface area contributed by atoms with E-state index in [0.29, 0.717) is 26.6 Å². The Balaban J connectivity index is 1.49. The molecule has 11 nitrogen and oxygen atoms in total. The number of amides is 2. The number of nitrogens with one attached hydrogen (secondary N) is 2. The first kappa shape index (κ1) is 23.1. The van der Waals surface area contributed by atoms with E-state index in [9.17, 15) is 19.7 Å². The first-order chi connectivity index (χ1) is 16.3. The van der Waals surface area contributed by atoms with E-state index in [0.717, 1.165) is 17.3 Å². The molecule has 2 N–H and O–H groups in total. The van der Waals surface area contributed by atoms with Gasteiger partial charge in [-0.15, -0.1) is 21.5 Å². The molecular weight excluding hydrogens is 478 g/mol. The number of aromatic nitrogens is 4. The number of anilines is 2. The Hall–Kier alpha value is -4.10. The molecule has 0 unspecified atom stereocenters. The van der Waals surface area contributed by atoms with Gasteiger partial charge in [-0.1, -0.05) is 12.1 Å². The van der Waals surface area contributed by atoms with Gasteiger partial charge in [0.05, 0.1) is 15.5 Å². The number of nitro benzene ring substituents is 1. The van der Waals surface area contributed by atoms with Gasteiger partial charge >= 0.3 is 0 Å². The molecule has 34 heavy (non-hydrogen) atoms. The fourth-order valence-corrected chi connectivity index (χ4v) is 4.48. The minimum atomic E-state index is -0.540. The second kappa shape index (κ2) is 9.80. The lowest BCUT2D eigenvalue weighted by Crippen LogP contribution is -2.12. The second-order valence-electron chi connectivity index (χ2n) is 7.02. The second-order valence-corrected chi connectivity index (χ2v) is 8.88. The van der Waals surface area contributed by atoms with E-state index in [1.807, 2.05) is 12.1 Å². The average Bonchev–Trinajstić information content (AvgIpc) is 3.43. The van der Waals surface area contributed by atoms with E-state index in [2.05, 4.69) is 25.8 Å². The van der Waals surface area contributed by atoms with Crippen LogP contribution in [-0.4, -0.2) is 36.5 Å². The molecular formula is C21H17N7O4S2. The number of rotatable bonds is 7. The number of benzene rings is 2. The normalized spacial score (nSPS) is 10.6. The standard InChI is InChI=1S/C21H17N7O4S2/c1-12(29)23-15-6-3-13(4-7-15)16-10-33-20(24-16)25-19(30)14-5-8-18(17(9-14)28(31)32)34-21-26-22-11-27(21)2/h3-11H,1-2H3,(H,23,29)(H,24,25,30). The number of hydrogen-bond donors (Lipinski definition) is 2. The van der Waals surface area contributed by atoms with Crippen LogP contribution in [0.2, 0.25) is 0 Å². The van der Waals surface area contributed by atoms with E-state index in [-0.39, 0.29) is 17.2 Å². The summed E-state index contributed by atoms with van der Waals surface area (Å²) in [5.41, 5.74) is 2.05. The highest BCUT2D eigenvalue weighted by Gasteiger charge is 2.20. The molecule has 0 bridgehead atoms. The maximum Gasteiger partial charge on any atom is 0.284 e. The fraction of sp³-hybridized carbons (Fsp3) is 0.0952. The average molecular weight is 496 g/mol. The Labute approximate surface area is 201 Å². The highest BCUT2D eigenvalue weighted by atomic mass is 32.2. The van der Waals surface area contributed by atoms with Gasteiger partial charge in [0.25, 0.3) is 11.6 Å². The molecule has 0 saturated carbocycles. The van der Waals surface area contributed by atoms with Gasteiger partial charge in [0.1, 0.15) is 6.33 Å². The van der Waals surface area contributed by atoms with Crippen molar-refractivity contribution < 1.29 is 14.5 Å². The Bertz CT molecular complexity index is 1380. The summed E-state index contributed by atoms with van der Waals surface area (Å²) in [6, 6.07) is 11.4. The van der Waals surface area contributed by atoms with Crippen molar-refractivity contribution in [1.82, 2.24) is 19.7 Å². The first-order valence-corrected chi connectivity index (χ1v) is 11.4. The van der Waals surface area contributed by atoms with Crippen LogP contribution >= 0.6 is 23.1 Å². The molecule has 2 aromatic heterocycles. The van der Waals surface area contributed by atoms with Crippen molar-refractivity contribution in [2.75, 3.05) is 10.6 Å². The number of hydrogen-bond acceptors (Lipinski definition) is 9. The molecule has 2 amide bonds. The molecule has 2 aromatic carbocycles. The quantitative estimate of drug-likeness (QED) is 0.286. The fourth-order valence-electron chi connectivity index (χ4n) is 2.91. The molecule has 13 heteroatoms. The molecule has 0 aliphatic heterocycles. The van der Waals surface area contributed by atoms with Crippen LogP contribution in [0.25, 0.3) is 11.3 Å².